The smallest absolute Gasteiger partial charge is 0.261 e. The zero-order chi connectivity index (χ0) is 19.1. The molecule has 1 amide bonds. The van der Waals surface area contributed by atoms with Crippen molar-refractivity contribution in [1.29, 1.82) is 5.26 Å². The lowest BCUT2D eigenvalue weighted by Gasteiger charge is -2.14. The predicted octanol–water partition coefficient (Wildman–Crippen LogP) is 3.19. The Balaban J connectivity index is 2.89. The highest BCUT2D eigenvalue weighted by Gasteiger charge is 2.14. The van der Waals surface area contributed by atoms with E-state index in [0.29, 0.717) is 18.9 Å². The van der Waals surface area contributed by atoms with E-state index in [1.165, 1.54) is 0 Å². The molecule has 5 nitrogen and oxygen atoms in total. The van der Waals surface area contributed by atoms with Gasteiger partial charge in [0.25, 0.3) is 5.91 Å². The van der Waals surface area contributed by atoms with Gasteiger partial charge in [0.2, 0.25) is 0 Å². The third kappa shape index (κ3) is 6.39. The Morgan fingerprint density at radius 1 is 1.36 bits per heavy atom. The molecule has 1 rings (SSSR count). The first kappa shape index (κ1) is 21.0. The first-order valence-corrected chi connectivity index (χ1v) is 8.90. The Morgan fingerprint density at radius 3 is 2.52 bits per heavy atom. The second-order valence-electron chi connectivity index (χ2n) is 7.40. The van der Waals surface area contributed by atoms with Crippen molar-refractivity contribution in [3.8, 4) is 6.07 Å². The van der Waals surface area contributed by atoms with Crippen LogP contribution in [0.4, 0.5) is 0 Å². The van der Waals surface area contributed by atoms with Crippen molar-refractivity contribution in [3.63, 3.8) is 0 Å². The van der Waals surface area contributed by atoms with Crippen molar-refractivity contribution in [2.45, 2.75) is 60.6 Å². The zero-order valence-electron chi connectivity index (χ0n) is 16.3. The fourth-order valence-corrected chi connectivity index (χ4v) is 2.95. The lowest BCUT2D eigenvalue weighted by Crippen LogP contribution is -2.30. The number of aromatic nitrogens is 1. The molecular weight excluding hydrogens is 314 g/mol. The molecule has 0 spiro atoms. The van der Waals surface area contributed by atoms with Crippen LogP contribution in [0, 0.1) is 37.0 Å². The number of hydrogen-bond acceptors (Lipinski definition) is 3. The van der Waals surface area contributed by atoms with Gasteiger partial charge in [-0.1, -0.05) is 20.8 Å². The topological polar surface area (TPSA) is 78.1 Å². The molecule has 2 unspecified atom stereocenters. The van der Waals surface area contributed by atoms with Crippen LogP contribution in [0.25, 0.3) is 6.08 Å². The van der Waals surface area contributed by atoms with Gasteiger partial charge in [-0.25, -0.2) is 0 Å². The van der Waals surface area contributed by atoms with Gasteiger partial charge in [-0.15, -0.1) is 0 Å². The summed E-state index contributed by atoms with van der Waals surface area (Å²) in [5.41, 5.74) is 3.20. The van der Waals surface area contributed by atoms with E-state index < -0.39 is 6.10 Å². The normalized spacial score (nSPS) is 14.3. The van der Waals surface area contributed by atoms with E-state index in [-0.39, 0.29) is 17.4 Å². The lowest BCUT2D eigenvalue weighted by molar-refractivity contribution is -0.117. The van der Waals surface area contributed by atoms with Crippen molar-refractivity contribution >= 4 is 12.0 Å². The molecule has 25 heavy (non-hydrogen) atoms. The number of nitriles is 1. The molecule has 0 saturated carbocycles. The predicted molar refractivity (Wildman–Crippen MR) is 101 cm³/mol. The summed E-state index contributed by atoms with van der Waals surface area (Å²) in [7, 11) is 0. The van der Waals surface area contributed by atoms with Crippen LogP contribution in [-0.4, -0.2) is 28.2 Å². The second-order valence-corrected chi connectivity index (χ2v) is 7.40. The molecule has 1 aromatic heterocycles. The highest BCUT2D eigenvalue weighted by atomic mass is 16.3. The molecule has 1 heterocycles. The van der Waals surface area contributed by atoms with Gasteiger partial charge < -0.3 is 15.0 Å². The molecule has 0 aliphatic carbocycles. The number of carbonyl (C=O) groups is 1. The van der Waals surface area contributed by atoms with Gasteiger partial charge in [0.05, 0.1) is 6.10 Å². The summed E-state index contributed by atoms with van der Waals surface area (Å²) >= 11 is 0. The Morgan fingerprint density at radius 2 is 2.00 bits per heavy atom. The van der Waals surface area contributed by atoms with Crippen molar-refractivity contribution in [2.75, 3.05) is 6.54 Å². The Labute approximate surface area is 151 Å². The molecule has 0 bridgehead atoms. The minimum atomic E-state index is -0.399. The molecule has 1 aromatic rings. The number of aryl methyl sites for hydroxylation is 1. The Bertz CT molecular complexity index is 663. The minimum absolute atomic E-state index is 0.106. The summed E-state index contributed by atoms with van der Waals surface area (Å²) in [5, 5.41) is 21.5. The number of amides is 1. The van der Waals surface area contributed by atoms with Gasteiger partial charge in [-0.3, -0.25) is 4.79 Å². The summed E-state index contributed by atoms with van der Waals surface area (Å²) in [6.07, 6.45) is 1.88. The largest absolute Gasteiger partial charge is 0.393 e. The highest BCUT2D eigenvalue weighted by Crippen LogP contribution is 2.19. The molecule has 0 aliphatic heterocycles. The van der Waals surface area contributed by atoms with E-state index in [1.807, 2.05) is 32.9 Å². The van der Waals surface area contributed by atoms with Crippen LogP contribution in [-0.2, 0) is 11.3 Å². The minimum Gasteiger partial charge on any atom is -0.393 e. The van der Waals surface area contributed by atoms with Crippen LogP contribution in [0.2, 0.25) is 0 Å². The van der Waals surface area contributed by atoms with E-state index in [0.717, 1.165) is 23.5 Å². The van der Waals surface area contributed by atoms with E-state index in [9.17, 15) is 15.2 Å². The molecule has 0 radical (unpaired) electrons. The molecule has 0 aliphatic rings. The maximum absolute atomic E-state index is 12.3. The SMILES string of the molecule is Cc1cc(/C=C(/C#N)C(=O)NCC(C)CC(C)O)c(C)n1CC(C)C. The van der Waals surface area contributed by atoms with Gasteiger partial charge in [0.1, 0.15) is 11.6 Å². The van der Waals surface area contributed by atoms with E-state index in [2.05, 4.69) is 23.7 Å². The van der Waals surface area contributed by atoms with E-state index in [1.54, 1.807) is 13.0 Å². The van der Waals surface area contributed by atoms with E-state index >= 15 is 0 Å². The summed E-state index contributed by atoms with van der Waals surface area (Å²) in [5.74, 6) is 0.310. The second kappa shape index (κ2) is 9.43. The lowest BCUT2D eigenvalue weighted by atomic mass is 10.0. The maximum atomic E-state index is 12.3. The summed E-state index contributed by atoms with van der Waals surface area (Å²) < 4.78 is 2.22. The number of carbonyl (C=O) groups excluding carboxylic acids is 1. The average molecular weight is 345 g/mol. The first-order valence-electron chi connectivity index (χ1n) is 8.90. The number of aliphatic hydroxyl groups excluding tert-OH is 1. The number of nitrogens with one attached hydrogen (secondary N) is 1. The number of hydrogen-bond donors (Lipinski definition) is 2. The van der Waals surface area contributed by atoms with Crippen molar-refractivity contribution in [3.05, 3.63) is 28.6 Å². The fraction of sp³-hybridized carbons (Fsp3) is 0.600. The van der Waals surface area contributed by atoms with Crippen LogP contribution in [0.1, 0.15) is 51.1 Å². The monoisotopic (exact) mass is 345 g/mol. The molecule has 0 fully saturated rings. The van der Waals surface area contributed by atoms with Crippen molar-refractivity contribution in [1.82, 2.24) is 9.88 Å². The number of nitrogens with zero attached hydrogens (tertiary/aromatic N) is 2. The Kier molecular flexibility index (Phi) is 7.92. The van der Waals surface area contributed by atoms with Gasteiger partial charge >= 0.3 is 0 Å². The molecule has 2 N–H and O–H groups in total. The quantitative estimate of drug-likeness (QED) is 0.561. The van der Waals surface area contributed by atoms with Crippen LogP contribution < -0.4 is 5.32 Å². The molecule has 138 valence electrons. The van der Waals surface area contributed by atoms with Crippen molar-refractivity contribution in [2.24, 2.45) is 11.8 Å². The Hall–Kier alpha value is -2.06. The summed E-state index contributed by atoms with van der Waals surface area (Å²) in [6, 6.07) is 4.01. The highest BCUT2D eigenvalue weighted by molar-refractivity contribution is 6.01. The summed E-state index contributed by atoms with van der Waals surface area (Å²) in [4.78, 5) is 12.3. The number of aliphatic hydroxyl groups is 1. The zero-order valence-corrected chi connectivity index (χ0v) is 16.3. The van der Waals surface area contributed by atoms with E-state index in [4.69, 9.17) is 0 Å². The molecule has 0 saturated heterocycles. The third-order valence-corrected chi connectivity index (χ3v) is 4.18. The number of rotatable bonds is 8. The average Bonchev–Trinajstić information content (AvgIpc) is 2.76. The maximum Gasteiger partial charge on any atom is 0.261 e. The fourth-order valence-electron chi connectivity index (χ4n) is 2.95. The van der Waals surface area contributed by atoms with Crippen LogP contribution >= 0.6 is 0 Å². The molecule has 2 atom stereocenters. The molecule has 5 heteroatoms. The van der Waals surface area contributed by atoms with Crippen LogP contribution in [0.5, 0.6) is 0 Å². The van der Waals surface area contributed by atoms with Gasteiger partial charge in [-0.05, 0) is 56.7 Å². The van der Waals surface area contributed by atoms with Gasteiger partial charge in [0, 0.05) is 24.5 Å². The van der Waals surface area contributed by atoms with Gasteiger partial charge in [-0.2, -0.15) is 5.26 Å². The van der Waals surface area contributed by atoms with Crippen molar-refractivity contribution < 1.29 is 9.90 Å². The molecule has 0 aromatic carbocycles. The van der Waals surface area contributed by atoms with Crippen LogP contribution in [0.3, 0.4) is 0 Å². The van der Waals surface area contributed by atoms with Crippen LogP contribution in [0.15, 0.2) is 11.6 Å². The molecular formula is C20H31N3O2. The van der Waals surface area contributed by atoms with Gasteiger partial charge in [0.15, 0.2) is 0 Å². The summed E-state index contributed by atoms with van der Waals surface area (Å²) in [6.45, 7) is 13.4. The third-order valence-electron chi connectivity index (χ3n) is 4.18. The first-order chi connectivity index (χ1) is 11.6. The standard InChI is InChI=1S/C20H31N3O2/c1-13(2)12-23-15(4)8-18(17(23)6)9-19(10-21)20(25)22-11-14(3)7-16(5)24/h8-9,13-14,16,24H,7,11-12H2,1-6H3,(H,22,25)/b19-9-.